The topological polar surface area (TPSA) is 9.86 Å². The fourth-order valence-electron chi connectivity index (χ4n) is 13.0. The van der Waals surface area contributed by atoms with Crippen LogP contribution < -0.4 is 0 Å². The van der Waals surface area contributed by atoms with Gasteiger partial charge in [0.15, 0.2) is 0 Å². The van der Waals surface area contributed by atoms with Crippen molar-refractivity contribution in [1.82, 2.24) is 9.13 Å². The highest BCUT2D eigenvalue weighted by Crippen LogP contribution is 2.45. The van der Waals surface area contributed by atoms with Crippen molar-refractivity contribution in [3.8, 4) is 67.0 Å². The van der Waals surface area contributed by atoms with Gasteiger partial charge < -0.3 is 9.13 Å². The van der Waals surface area contributed by atoms with Crippen molar-refractivity contribution in [2.24, 2.45) is 0 Å². The molecule has 14 aromatic carbocycles. The molecule has 0 spiro atoms. The average molecular weight is 989 g/mol. The molecule has 2 heteroatoms. The second kappa shape index (κ2) is 17.7. The van der Waals surface area contributed by atoms with Gasteiger partial charge in [-0.3, -0.25) is 0 Å². The third-order valence-electron chi connectivity index (χ3n) is 16.5. The van der Waals surface area contributed by atoms with Crippen LogP contribution in [0.2, 0.25) is 0 Å². The predicted octanol–water partition coefficient (Wildman–Crippen LogP) is 20.8. The van der Waals surface area contributed by atoms with E-state index in [0.717, 1.165) is 11.4 Å². The summed E-state index contributed by atoms with van der Waals surface area (Å²) < 4.78 is 4.87. The Kier molecular flexibility index (Phi) is 9.98. The van der Waals surface area contributed by atoms with Crippen molar-refractivity contribution in [1.29, 1.82) is 0 Å². The SMILES string of the molecule is c1ccc(-c2c3ccccc3c(-c3ccc(-n4c5ccccc5c5cc(-c6ccc(-n7c8ccc(-c9cccc%10ccccc9%10)cc8c8cc(-c9cccc%10ccccc9%10)ccc87)cc6)ccc54)cc3)c3ccccc23)cc1. The summed E-state index contributed by atoms with van der Waals surface area (Å²) in [6.45, 7) is 0. The lowest BCUT2D eigenvalue weighted by molar-refractivity contribution is 1.18. The number of nitrogens with zero attached hydrogens (tertiary/aromatic N) is 2. The van der Waals surface area contributed by atoms with E-state index in [-0.39, 0.29) is 0 Å². The molecule has 0 amide bonds. The molecule has 16 aromatic rings. The van der Waals surface area contributed by atoms with E-state index in [9.17, 15) is 0 Å². The first-order chi connectivity index (χ1) is 38.7. The highest BCUT2D eigenvalue weighted by Gasteiger charge is 2.20. The largest absolute Gasteiger partial charge is 0.309 e. The first-order valence-electron chi connectivity index (χ1n) is 27.0. The van der Waals surface area contributed by atoms with Crippen LogP contribution in [0.5, 0.6) is 0 Å². The second-order valence-electron chi connectivity index (χ2n) is 20.7. The maximum absolute atomic E-state index is 2.45. The Hall–Kier alpha value is -10.3. The molecule has 0 aliphatic heterocycles. The highest BCUT2D eigenvalue weighted by molar-refractivity contribution is 6.22. The van der Waals surface area contributed by atoms with Crippen molar-refractivity contribution in [3.63, 3.8) is 0 Å². The van der Waals surface area contributed by atoms with Gasteiger partial charge in [-0.15, -0.1) is 0 Å². The molecule has 78 heavy (non-hydrogen) atoms. The molecule has 0 aliphatic carbocycles. The summed E-state index contributed by atoms with van der Waals surface area (Å²) in [4.78, 5) is 0. The maximum atomic E-state index is 2.45. The fourth-order valence-corrected chi connectivity index (χ4v) is 13.0. The van der Waals surface area contributed by atoms with Gasteiger partial charge in [-0.25, -0.2) is 0 Å². The van der Waals surface area contributed by atoms with E-state index in [0.29, 0.717) is 0 Å². The minimum Gasteiger partial charge on any atom is -0.309 e. The van der Waals surface area contributed by atoms with Crippen LogP contribution in [0.25, 0.3) is 154 Å². The van der Waals surface area contributed by atoms with Crippen molar-refractivity contribution in [3.05, 3.63) is 291 Å². The van der Waals surface area contributed by atoms with Gasteiger partial charge in [0.05, 0.1) is 22.1 Å². The van der Waals surface area contributed by atoms with E-state index in [2.05, 4.69) is 300 Å². The van der Waals surface area contributed by atoms with Crippen LogP contribution in [0, 0.1) is 0 Å². The number of benzene rings is 14. The van der Waals surface area contributed by atoms with Gasteiger partial charge in [0.25, 0.3) is 0 Å². The molecular formula is C76H48N2. The van der Waals surface area contributed by atoms with Crippen molar-refractivity contribution < 1.29 is 0 Å². The van der Waals surface area contributed by atoms with E-state index in [1.807, 2.05) is 0 Å². The lowest BCUT2D eigenvalue weighted by atomic mass is 9.86. The first kappa shape index (κ1) is 44.1. The lowest BCUT2D eigenvalue weighted by Gasteiger charge is -2.18. The molecule has 2 nitrogen and oxygen atoms in total. The van der Waals surface area contributed by atoms with Gasteiger partial charge in [0.1, 0.15) is 0 Å². The summed E-state index contributed by atoms with van der Waals surface area (Å²) in [5.41, 5.74) is 19.3. The predicted molar refractivity (Wildman–Crippen MR) is 332 cm³/mol. The zero-order valence-electron chi connectivity index (χ0n) is 42.6. The van der Waals surface area contributed by atoms with Crippen LogP contribution >= 0.6 is 0 Å². The summed E-state index contributed by atoms with van der Waals surface area (Å²) in [5.74, 6) is 0. The molecule has 0 atom stereocenters. The Morgan fingerprint density at radius 2 is 0.513 bits per heavy atom. The fraction of sp³-hybridized carbons (Fsp3) is 0. The van der Waals surface area contributed by atoms with Crippen LogP contribution in [-0.4, -0.2) is 9.13 Å². The standard InChI is InChI=1S/C76H48N2/c1-2-18-52(19-3-1)75-64-25-8-10-27-66(64)76(67-28-11-9-26-65(67)75)53-34-41-58(42-35-53)77-71-31-13-12-24-63(71)68-46-54(36-43-72(68)77)49-32-39-57(40-33-49)78-73-44-37-55(61-29-14-20-50-16-4-6-22-59(50)61)47-69(73)70-48-56(38-45-74(70)78)62-30-15-21-51-17-5-7-23-60(51)62/h1-48H. The number of rotatable bonds is 7. The molecule has 0 saturated carbocycles. The summed E-state index contributed by atoms with van der Waals surface area (Å²) in [5, 5.41) is 15.0. The summed E-state index contributed by atoms with van der Waals surface area (Å²) in [6.07, 6.45) is 0. The molecular weight excluding hydrogens is 941 g/mol. The smallest absolute Gasteiger partial charge is 0.0541 e. The van der Waals surface area contributed by atoms with Gasteiger partial charge in [0, 0.05) is 32.9 Å². The van der Waals surface area contributed by atoms with Gasteiger partial charge in [-0.1, -0.05) is 224 Å². The molecule has 0 radical (unpaired) electrons. The third-order valence-corrected chi connectivity index (χ3v) is 16.5. The molecule has 0 fully saturated rings. The monoisotopic (exact) mass is 988 g/mol. The quantitative estimate of drug-likeness (QED) is 0.141. The Balaban J connectivity index is 0.789. The summed E-state index contributed by atoms with van der Waals surface area (Å²) in [6, 6.07) is 108. The maximum Gasteiger partial charge on any atom is 0.0541 e. The third kappa shape index (κ3) is 6.90. The van der Waals surface area contributed by atoms with Crippen LogP contribution in [-0.2, 0) is 0 Å². The van der Waals surface area contributed by atoms with Gasteiger partial charge in [0.2, 0.25) is 0 Å². The van der Waals surface area contributed by atoms with E-state index >= 15 is 0 Å². The zero-order chi connectivity index (χ0) is 51.3. The second-order valence-corrected chi connectivity index (χ2v) is 20.7. The van der Waals surface area contributed by atoms with Crippen LogP contribution in [0.15, 0.2) is 291 Å². The van der Waals surface area contributed by atoms with E-state index < -0.39 is 0 Å². The van der Waals surface area contributed by atoms with E-state index in [4.69, 9.17) is 0 Å². The molecule has 362 valence electrons. The molecule has 0 aliphatic rings. The number of hydrogen-bond acceptors (Lipinski definition) is 0. The van der Waals surface area contributed by atoms with Crippen LogP contribution in [0.4, 0.5) is 0 Å². The first-order valence-corrected chi connectivity index (χ1v) is 27.0. The van der Waals surface area contributed by atoms with Crippen molar-refractivity contribution in [2.45, 2.75) is 0 Å². The zero-order valence-corrected chi connectivity index (χ0v) is 42.6. The van der Waals surface area contributed by atoms with Gasteiger partial charge in [-0.2, -0.15) is 0 Å². The Morgan fingerprint density at radius 3 is 1.01 bits per heavy atom. The molecule has 0 bridgehead atoms. The molecule has 0 unspecified atom stereocenters. The normalized spacial score (nSPS) is 11.8. The van der Waals surface area contributed by atoms with Gasteiger partial charge >= 0.3 is 0 Å². The van der Waals surface area contributed by atoms with Crippen LogP contribution in [0.1, 0.15) is 0 Å². The molecule has 0 saturated heterocycles. The molecule has 0 N–H and O–H groups in total. The minimum absolute atomic E-state index is 1.13. The molecule has 2 heterocycles. The van der Waals surface area contributed by atoms with E-state index in [1.165, 1.54) is 142 Å². The number of hydrogen-bond donors (Lipinski definition) is 0. The number of fused-ring (bicyclic) bond motifs is 10. The number of para-hydroxylation sites is 1. The summed E-state index contributed by atoms with van der Waals surface area (Å²) in [7, 11) is 0. The average Bonchev–Trinajstić information content (AvgIpc) is 4.21. The minimum atomic E-state index is 1.13. The highest BCUT2D eigenvalue weighted by atomic mass is 15.0. The van der Waals surface area contributed by atoms with Crippen molar-refractivity contribution in [2.75, 3.05) is 0 Å². The Morgan fingerprint density at radius 1 is 0.179 bits per heavy atom. The van der Waals surface area contributed by atoms with Gasteiger partial charge in [-0.05, 0) is 165 Å². The molecule has 2 aromatic heterocycles. The summed E-state index contributed by atoms with van der Waals surface area (Å²) >= 11 is 0. The van der Waals surface area contributed by atoms with Crippen LogP contribution in [0.3, 0.4) is 0 Å². The Bertz CT molecular complexity index is 4850. The Labute approximate surface area is 451 Å². The van der Waals surface area contributed by atoms with E-state index in [1.54, 1.807) is 0 Å². The lowest BCUT2D eigenvalue weighted by Crippen LogP contribution is -1.95. The number of aromatic nitrogens is 2. The molecule has 16 rings (SSSR count). The van der Waals surface area contributed by atoms with Crippen molar-refractivity contribution >= 4 is 86.7 Å².